The molecule has 5 heteroatoms. The van der Waals surface area contributed by atoms with Crippen LogP contribution in [0.5, 0.6) is 5.75 Å². The van der Waals surface area contributed by atoms with Gasteiger partial charge in [0.15, 0.2) is 5.75 Å². The minimum absolute atomic E-state index is 0.337. The zero-order chi connectivity index (χ0) is 10.1. The molecule has 0 aliphatic carbocycles. The monoisotopic (exact) mass is 213 g/mol. The number of nitrogens with zero attached hydrogens (tertiary/aromatic N) is 1. The van der Waals surface area contributed by atoms with E-state index in [1.165, 1.54) is 11.3 Å². The molecule has 0 saturated carbocycles. The molecule has 14 heavy (non-hydrogen) atoms. The Balaban J connectivity index is 2.38. The van der Waals surface area contributed by atoms with Crippen LogP contribution >= 0.6 is 11.3 Å². The number of anilines is 1. The second-order valence-corrected chi connectivity index (χ2v) is 4.24. The van der Waals surface area contributed by atoms with Crippen LogP contribution < -0.4 is 9.64 Å². The van der Waals surface area contributed by atoms with Crippen LogP contribution in [0, 0.1) is 0 Å². The number of carbonyl (C=O) groups is 1. The topological polar surface area (TPSA) is 49.8 Å². The average molecular weight is 213 g/mol. The van der Waals surface area contributed by atoms with E-state index < -0.39 is 5.97 Å². The van der Waals surface area contributed by atoms with Gasteiger partial charge in [0.05, 0.1) is 6.61 Å². The summed E-state index contributed by atoms with van der Waals surface area (Å²) in [6.07, 6.45) is 0.973. The van der Waals surface area contributed by atoms with Crippen molar-refractivity contribution < 1.29 is 14.6 Å². The summed E-state index contributed by atoms with van der Waals surface area (Å²) in [5, 5.41) is 9.74. The van der Waals surface area contributed by atoms with Gasteiger partial charge in [-0.3, -0.25) is 0 Å². The minimum atomic E-state index is -0.889. The summed E-state index contributed by atoms with van der Waals surface area (Å²) in [6, 6.07) is 1.60. The molecule has 2 rings (SSSR count). The largest absolute Gasteiger partial charge is 0.490 e. The van der Waals surface area contributed by atoms with Crippen molar-refractivity contribution in [2.24, 2.45) is 0 Å². The van der Waals surface area contributed by atoms with Gasteiger partial charge in [0.2, 0.25) is 0 Å². The van der Waals surface area contributed by atoms with E-state index in [-0.39, 0.29) is 0 Å². The highest BCUT2D eigenvalue weighted by Crippen LogP contribution is 2.38. The maximum atomic E-state index is 10.7. The molecule has 0 bridgehead atoms. The van der Waals surface area contributed by atoms with Crippen LogP contribution in [0.25, 0.3) is 0 Å². The molecule has 2 heterocycles. The fourth-order valence-corrected chi connectivity index (χ4v) is 2.35. The van der Waals surface area contributed by atoms with Gasteiger partial charge in [-0.1, -0.05) is 0 Å². The van der Waals surface area contributed by atoms with E-state index >= 15 is 0 Å². The maximum absolute atomic E-state index is 10.7. The smallest absolute Gasteiger partial charge is 0.346 e. The Morgan fingerprint density at radius 1 is 1.71 bits per heavy atom. The molecule has 0 atom stereocenters. The molecule has 0 fully saturated rings. The number of rotatable bonds is 1. The van der Waals surface area contributed by atoms with E-state index in [9.17, 15) is 4.79 Å². The molecule has 1 N–H and O–H groups in total. The number of hydrogen-bond donors (Lipinski definition) is 1. The number of hydrogen-bond acceptors (Lipinski definition) is 4. The molecule has 1 aliphatic heterocycles. The van der Waals surface area contributed by atoms with Crippen molar-refractivity contribution in [3.8, 4) is 5.75 Å². The fraction of sp³-hybridized carbons (Fsp3) is 0.444. The van der Waals surface area contributed by atoms with Gasteiger partial charge in [0.1, 0.15) is 9.88 Å². The summed E-state index contributed by atoms with van der Waals surface area (Å²) < 4.78 is 5.46. The van der Waals surface area contributed by atoms with Crippen LogP contribution in [0.2, 0.25) is 0 Å². The SMILES string of the molecule is CN1CCCOc2cc(C(=O)O)sc21. The zero-order valence-electron chi connectivity index (χ0n) is 7.82. The molecule has 0 spiro atoms. The third-order valence-corrected chi connectivity index (χ3v) is 3.35. The summed E-state index contributed by atoms with van der Waals surface area (Å²) >= 11 is 1.27. The number of ether oxygens (including phenoxy) is 1. The van der Waals surface area contributed by atoms with Crippen LogP contribution in [0.4, 0.5) is 5.00 Å². The third-order valence-electron chi connectivity index (χ3n) is 2.13. The van der Waals surface area contributed by atoms with E-state index in [1.54, 1.807) is 6.07 Å². The normalized spacial score (nSPS) is 15.6. The molecule has 0 amide bonds. The van der Waals surface area contributed by atoms with Crippen molar-refractivity contribution in [1.82, 2.24) is 0 Å². The zero-order valence-corrected chi connectivity index (χ0v) is 8.63. The van der Waals surface area contributed by atoms with Gasteiger partial charge in [-0.05, 0) is 6.42 Å². The first-order chi connectivity index (χ1) is 6.68. The van der Waals surface area contributed by atoms with Gasteiger partial charge in [-0.25, -0.2) is 4.79 Å². The highest BCUT2D eigenvalue weighted by atomic mass is 32.1. The number of fused-ring (bicyclic) bond motifs is 1. The van der Waals surface area contributed by atoms with Crippen molar-refractivity contribution in [2.75, 3.05) is 25.1 Å². The number of carboxylic acid groups (broad SMARTS) is 1. The van der Waals surface area contributed by atoms with Gasteiger partial charge < -0.3 is 14.7 Å². The molecule has 1 aliphatic rings. The maximum Gasteiger partial charge on any atom is 0.346 e. The molecule has 4 nitrogen and oxygen atoms in total. The van der Waals surface area contributed by atoms with Crippen molar-refractivity contribution in [1.29, 1.82) is 0 Å². The van der Waals surface area contributed by atoms with E-state index in [1.807, 2.05) is 11.9 Å². The van der Waals surface area contributed by atoms with E-state index in [0.29, 0.717) is 17.2 Å². The van der Waals surface area contributed by atoms with Crippen molar-refractivity contribution in [3.63, 3.8) is 0 Å². The van der Waals surface area contributed by atoms with Crippen LogP contribution in [-0.4, -0.2) is 31.3 Å². The molecular weight excluding hydrogens is 202 g/mol. The fourth-order valence-electron chi connectivity index (χ4n) is 1.42. The van der Waals surface area contributed by atoms with Gasteiger partial charge in [0.25, 0.3) is 0 Å². The molecule has 0 unspecified atom stereocenters. The number of carboxylic acids is 1. The summed E-state index contributed by atoms with van der Waals surface area (Å²) in [5.74, 6) is -0.188. The van der Waals surface area contributed by atoms with Crippen LogP contribution in [0.1, 0.15) is 16.1 Å². The second kappa shape index (κ2) is 3.49. The lowest BCUT2D eigenvalue weighted by Crippen LogP contribution is -2.16. The second-order valence-electron chi connectivity index (χ2n) is 3.21. The lowest BCUT2D eigenvalue weighted by molar-refractivity contribution is 0.0702. The van der Waals surface area contributed by atoms with Gasteiger partial charge in [-0.15, -0.1) is 11.3 Å². The summed E-state index contributed by atoms with van der Waals surface area (Å²) in [4.78, 5) is 13.1. The van der Waals surface area contributed by atoms with Crippen LogP contribution in [0.3, 0.4) is 0 Å². The first kappa shape index (κ1) is 9.33. The number of aromatic carboxylic acids is 1. The molecule has 1 aromatic heterocycles. The molecule has 1 aromatic rings. The molecule has 0 saturated heterocycles. The van der Waals surface area contributed by atoms with Crippen molar-refractivity contribution in [3.05, 3.63) is 10.9 Å². The molecule has 0 radical (unpaired) electrons. The molecule has 76 valence electrons. The quantitative estimate of drug-likeness (QED) is 0.770. The Labute approximate surface area is 85.7 Å². The molecule has 0 aromatic carbocycles. The Morgan fingerprint density at radius 2 is 2.50 bits per heavy atom. The molecular formula is C9H11NO3S. The first-order valence-electron chi connectivity index (χ1n) is 4.39. The van der Waals surface area contributed by atoms with Gasteiger partial charge >= 0.3 is 5.97 Å². The van der Waals surface area contributed by atoms with Crippen molar-refractivity contribution >= 4 is 22.3 Å². The summed E-state index contributed by atoms with van der Waals surface area (Å²) in [6.45, 7) is 1.57. The lowest BCUT2D eigenvalue weighted by atomic mass is 10.4. The highest BCUT2D eigenvalue weighted by molar-refractivity contribution is 7.18. The summed E-state index contributed by atoms with van der Waals surface area (Å²) in [5.41, 5.74) is 0. The minimum Gasteiger partial charge on any atom is -0.490 e. The van der Waals surface area contributed by atoms with E-state index in [4.69, 9.17) is 9.84 Å². The predicted molar refractivity (Wildman–Crippen MR) is 54.7 cm³/mol. The Hall–Kier alpha value is -1.23. The third kappa shape index (κ3) is 1.55. The van der Waals surface area contributed by atoms with Crippen LogP contribution in [-0.2, 0) is 0 Å². The summed E-state index contributed by atoms with van der Waals surface area (Å²) in [7, 11) is 1.95. The standard InChI is InChI=1S/C9H11NO3S/c1-10-3-2-4-13-6-5-7(9(11)12)14-8(6)10/h5H,2-4H2,1H3,(H,11,12). The van der Waals surface area contributed by atoms with Crippen LogP contribution in [0.15, 0.2) is 6.07 Å². The Kier molecular flexibility index (Phi) is 2.33. The van der Waals surface area contributed by atoms with E-state index in [2.05, 4.69) is 0 Å². The van der Waals surface area contributed by atoms with Gasteiger partial charge in [0, 0.05) is 19.7 Å². The van der Waals surface area contributed by atoms with E-state index in [0.717, 1.165) is 18.0 Å². The lowest BCUT2D eigenvalue weighted by Gasteiger charge is -2.13. The van der Waals surface area contributed by atoms with Gasteiger partial charge in [-0.2, -0.15) is 0 Å². The highest BCUT2D eigenvalue weighted by Gasteiger charge is 2.19. The average Bonchev–Trinajstić information content (AvgIpc) is 2.49. The Morgan fingerprint density at radius 3 is 3.21 bits per heavy atom. The number of thiophene rings is 1. The predicted octanol–water partition coefficient (Wildman–Crippen LogP) is 1.67. The van der Waals surface area contributed by atoms with Crippen molar-refractivity contribution in [2.45, 2.75) is 6.42 Å². The Bertz CT molecular complexity index is 361. The first-order valence-corrected chi connectivity index (χ1v) is 5.21.